The number of thiazole rings is 1. The van der Waals surface area contributed by atoms with E-state index in [1.807, 2.05) is 0 Å². The third-order valence-corrected chi connectivity index (χ3v) is 6.38. The van der Waals surface area contributed by atoms with Gasteiger partial charge in [-0.1, -0.05) is 25.7 Å². The minimum atomic E-state index is -0.800. The highest BCUT2D eigenvalue weighted by Gasteiger charge is 2.28. The fourth-order valence-corrected chi connectivity index (χ4v) is 4.55. The molecule has 3 rings (SSSR count). The van der Waals surface area contributed by atoms with Gasteiger partial charge in [0.25, 0.3) is 0 Å². The number of hydrogen-bond donors (Lipinski definition) is 1. The summed E-state index contributed by atoms with van der Waals surface area (Å²) < 4.78 is 0. The highest BCUT2D eigenvalue weighted by Crippen LogP contribution is 2.39. The zero-order chi connectivity index (χ0) is 15.5. The van der Waals surface area contributed by atoms with E-state index in [0.29, 0.717) is 16.8 Å². The maximum Gasteiger partial charge on any atom is 0.347 e. The Morgan fingerprint density at radius 1 is 1.23 bits per heavy atom. The second-order valence-electron chi connectivity index (χ2n) is 6.78. The van der Waals surface area contributed by atoms with E-state index in [2.05, 4.69) is 16.9 Å². The lowest BCUT2D eigenvalue weighted by molar-refractivity contribution is 0.0699. The molecule has 0 atom stereocenters. The molecule has 1 N–H and O–H groups in total. The molecule has 0 aromatic carbocycles. The Kier molecular flexibility index (Phi) is 5.14. The van der Waals surface area contributed by atoms with Crippen molar-refractivity contribution in [3.05, 3.63) is 15.6 Å². The predicted molar refractivity (Wildman–Crippen MR) is 88.9 cm³/mol. The Hall–Kier alpha value is -0.940. The molecule has 1 heterocycles. The minimum Gasteiger partial charge on any atom is -0.477 e. The van der Waals surface area contributed by atoms with Gasteiger partial charge in [0.1, 0.15) is 4.88 Å². The molecule has 0 radical (unpaired) electrons. The Labute approximate surface area is 136 Å². The van der Waals surface area contributed by atoms with Crippen molar-refractivity contribution in [3.63, 3.8) is 0 Å². The van der Waals surface area contributed by atoms with Gasteiger partial charge in [-0.15, -0.1) is 11.3 Å². The van der Waals surface area contributed by atoms with Crippen molar-refractivity contribution < 1.29 is 9.90 Å². The number of carbonyl (C=O) groups is 1. The number of carboxylic acid groups (broad SMARTS) is 1. The highest BCUT2D eigenvalue weighted by molar-refractivity contribution is 7.13. The molecular formula is C17H26N2O2S. The number of nitrogens with zero attached hydrogens (tertiary/aromatic N) is 2. The van der Waals surface area contributed by atoms with E-state index in [0.717, 1.165) is 36.5 Å². The first-order chi connectivity index (χ1) is 10.6. The SMILES string of the molecule is CN(CCc1nc(C2CCC2)c(C(=O)O)s1)C1CCCCC1. The van der Waals surface area contributed by atoms with Crippen LogP contribution in [0.1, 0.15) is 77.7 Å². The van der Waals surface area contributed by atoms with Gasteiger partial charge in [0.05, 0.1) is 10.7 Å². The smallest absolute Gasteiger partial charge is 0.347 e. The first-order valence-corrected chi connectivity index (χ1v) is 9.40. The summed E-state index contributed by atoms with van der Waals surface area (Å²) in [5.74, 6) is -0.404. The van der Waals surface area contributed by atoms with Crippen molar-refractivity contribution >= 4 is 17.3 Å². The molecule has 2 aliphatic carbocycles. The molecule has 2 aliphatic rings. The summed E-state index contributed by atoms with van der Waals surface area (Å²) in [5.41, 5.74) is 0.860. The van der Waals surface area contributed by atoms with Crippen molar-refractivity contribution in [2.24, 2.45) is 0 Å². The minimum absolute atomic E-state index is 0.396. The number of aromatic nitrogens is 1. The fourth-order valence-electron chi connectivity index (χ4n) is 3.57. The monoisotopic (exact) mass is 322 g/mol. The molecule has 0 spiro atoms. The lowest BCUT2D eigenvalue weighted by atomic mass is 9.82. The maximum atomic E-state index is 11.4. The Bertz CT molecular complexity index is 519. The molecule has 22 heavy (non-hydrogen) atoms. The normalized spacial score (nSPS) is 20.3. The zero-order valence-electron chi connectivity index (χ0n) is 13.4. The quantitative estimate of drug-likeness (QED) is 0.862. The number of rotatable bonds is 6. The van der Waals surface area contributed by atoms with Crippen LogP contribution in [0.4, 0.5) is 0 Å². The lowest BCUT2D eigenvalue weighted by Crippen LogP contribution is -2.34. The number of likely N-dealkylation sites (N-methyl/N-ethyl adjacent to an activating group) is 1. The fraction of sp³-hybridized carbons (Fsp3) is 0.765. The largest absolute Gasteiger partial charge is 0.477 e. The van der Waals surface area contributed by atoms with Gasteiger partial charge in [-0.2, -0.15) is 0 Å². The number of hydrogen-bond acceptors (Lipinski definition) is 4. The van der Waals surface area contributed by atoms with Crippen molar-refractivity contribution in [2.45, 2.75) is 69.7 Å². The predicted octanol–water partition coefficient (Wildman–Crippen LogP) is 3.92. The summed E-state index contributed by atoms with van der Waals surface area (Å²) in [6, 6.07) is 0.707. The summed E-state index contributed by atoms with van der Waals surface area (Å²) in [6.45, 7) is 0.987. The summed E-state index contributed by atoms with van der Waals surface area (Å²) in [5, 5.41) is 10.4. The molecule has 0 amide bonds. The van der Waals surface area contributed by atoms with Crippen molar-refractivity contribution in [1.82, 2.24) is 9.88 Å². The molecular weight excluding hydrogens is 296 g/mol. The Morgan fingerprint density at radius 2 is 1.95 bits per heavy atom. The first kappa shape index (κ1) is 15.9. The molecule has 2 fully saturated rings. The molecule has 0 saturated heterocycles. The van der Waals surface area contributed by atoms with E-state index in [1.165, 1.54) is 49.9 Å². The summed E-state index contributed by atoms with van der Waals surface area (Å²) >= 11 is 1.40. The van der Waals surface area contributed by atoms with Crippen LogP contribution >= 0.6 is 11.3 Å². The number of aromatic carboxylic acids is 1. The summed E-state index contributed by atoms with van der Waals surface area (Å²) in [6.07, 6.45) is 11.0. The van der Waals surface area contributed by atoms with Gasteiger partial charge in [0.2, 0.25) is 0 Å². The average molecular weight is 322 g/mol. The van der Waals surface area contributed by atoms with Crippen LogP contribution < -0.4 is 0 Å². The molecule has 4 nitrogen and oxygen atoms in total. The van der Waals surface area contributed by atoms with Crippen molar-refractivity contribution in [2.75, 3.05) is 13.6 Å². The third kappa shape index (κ3) is 3.51. The van der Waals surface area contributed by atoms with Gasteiger partial charge in [0.15, 0.2) is 0 Å². The number of carboxylic acids is 1. The van der Waals surface area contributed by atoms with Gasteiger partial charge in [0, 0.05) is 24.9 Å². The van der Waals surface area contributed by atoms with Crippen LogP contribution in [0.15, 0.2) is 0 Å². The van der Waals surface area contributed by atoms with E-state index in [-0.39, 0.29) is 0 Å². The molecule has 0 aliphatic heterocycles. The molecule has 1 aromatic rings. The highest BCUT2D eigenvalue weighted by atomic mass is 32.1. The second-order valence-corrected chi connectivity index (χ2v) is 7.86. The van der Waals surface area contributed by atoms with Crippen molar-refractivity contribution in [3.8, 4) is 0 Å². The van der Waals surface area contributed by atoms with E-state index in [1.54, 1.807) is 0 Å². The standard InChI is InChI=1S/C17H26N2O2S/c1-19(13-8-3-2-4-9-13)11-10-14-18-15(12-6-5-7-12)16(22-14)17(20)21/h12-13H,2-11H2,1H3,(H,20,21). The van der Waals surface area contributed by atoms with E-state index in [4.69, 9.17) is 0 Å². The Morgan fingerprint density at radius 3 is 2.55 bits per heavy atom. The molecule has 5 heteroatoms. The molecule has 0 bridgehead atoms. The van der Waals surface area contributed by atoms with Gasteiger partial charge >= 0.3 is 5.97 Å². The van der Waals surface area contributed by atoms with E-state index in [9.17, 15) is 9.90 Å². The topological polar surface area (TPSA) is 53.4 Å². The van der Waals surface area contributed by atoms with Gasteiger partial charge < -0.3 is 10.0 Å². The summed E-state index contributed by atoms with van der Waals surface area (Å²) in [4.78, 5) is 19.0. The lowest BCUT2D eigenvalue weighted by Gasteiger charge is -2.30. The van der Waals surface area contributed by atoms with Crippen LogP contribution in [0.5, 0.6) is 0 Å². The maximum absolute atomic E-state index is 11.4. The van der Waals surface area contributed by atoms with Crippen LogP contribution in [-0.4, -0.2) is 40.6 Å². The molecule has 2 saturated carbocycles. The van der Waals surface area contributed by atoms with Crippen LogP contribution in [-0.2, 0) is 6.42 Å². The van der Waals surface area contributed by atoms with Gasteiger partial charge in [-0.25, -0.2) is 9.78 Å². The first-order valence-electron chi connectivity index (χ1n) is 8.58. The van der Waals surface area contributed by atoms with Gasteiger partial charge in [-0.3, -0.25) is 0 Å². The molecule has 1 aromatic heterocycles. The van der Waals surface area contributed by atoms with Crippen molar-refractivity contribution in [1.29, 1.82) is 0 Å². The second kappa shape index (κ2) is 7.09. The van der Waals surface area contributed by atoms with Crippen LogP contribution in [0, 0.1) is 0 Å². The van der Waals surface area contributed by atoms with Crippen LogP contribution in [0.3, 0.4) is 0 Å². The third-order valence-electron chi connectivity index (χ3n) is 5.26. The summed E-state index contributed by atoms with van der Waals surface area (Å²) in [7, 11) is 2.20. The van der Waals surface area contributed by atoms with Gasteiger partial charge in [-0.05, 0) is 32.7 Å². The average Bonchev–Trinajstić information content (AvgIpc) is 2.88. The molecule has 0 unspecified atom stereocenters. The van der Waals surface area contributed by atoms with E-state index >= 15 is 0 Å². The van der Waals surface area contributed by atoms with Crippen LogP contribution in [0.2, 0.25) is 0 Å². The van der Waals surface area contributed by atoms with E-state index < -0.39 is 5.97 Å². The Balaban J connectivity index is 1.61. The zero-order valence-corrected chi connectivity index (χ0v) is 14.2. The van der Waals surface area contributed by atoms with Crippen LogP contribution in [0.25, 0.3) is 0 Å². The molecule has 122 valence electrons.